The number of nitrogens with zero attached hydrogens (tertiary/aromatic N) is 2. The zero-order valence-corrected chi connectivity index (χ0v) is 17.4. The van der Waals surface area contributed by atoms with E-state index in [9.17, 15) is 27.5 Å². The van der Waals surface area contributed by atoms with Crippen molar-refractivity contribution >= 4 is 33.8 Å². The fourth-order valence-corrected chi connectivity index (χ4v) is 4.27. The molecule has 0 radical (unpaired) electrons. The minimum atomic E-state index is -4.26. The van der Waals surface area contributed by atoms with Gasteiger partial charge in [-0.1, -0.05) is 48.5 Å². The highest BCUT2D eigenvalue weighted by Gasteiger charge is 2.28. The van der Waals surface area contributed by atoms with Crippen LogP contribution in [0.3, 0.4) is 0 Å². The number of sulfonamides is 1. The fourth-order valence-electron chi connectivity index (χ4n) is 2.82. The first-order valence-corrected chi connectivity index (χ1v) is 10.7. The Morgan fingerprint density at radius 1 is 0.969 bits per heavy atom. The van der Waals surface area contributed by atoms with Gasteiger partial charge in [0.05, 0.1) is 22.4 Å². The third-order valence-electron chi connectivity index (χ3n) is 4.32. The molecule has 164 valence electrons. The number of hydrogen-bond donors (Lipinski definition) is 2. The van der Waals surface area contributed by atoms with Crippen molar-refractivity contribution in [1.82, 2.24) is 5.43 Å². The molecule has 0 unspecified atom stereocenters. The van der Waals surface area contributed by atoms with Crippen molar-refractivity contribution in [3.63, 3.8) is 0 Å². The van der Waals surface area contributed by atoms with E-state index in [-0.39, 0.29) is 21.7 Å². The summed E-state index contributed by atoms with van der Waals surface area (Å²) in [5.41, 5.74) is 2.07. The van der Waals surface area contributed by atoms with Gasteiger partial charge in [0.1, 0.15) is 12.4 Å². The molecular formula is C22H18FN3O5S. The molecular weight excluding hydrogens is 437 g/mol. The van der Waals surface area contributed by atoms with Crippen molar-refractivity contribution in [2.45, 2.75) is 4.90 Å². The number of anilines is 1. The molecule has 8 nitrogen and oxygen atoms in total. The van der Waals surface area contributed by atoms with Gasteiger partial charge in [-0.3, -0.25) is 9.10 Å². The second-order valence-electron chi connectivity index (χ2n) is 6.46. The molecule has 0 spiro atoms. The standard InChI is InChI=1S/C22H18FN3O5S/c23-19-12-6-7-13-20(19)26(32(30,31)17-9-2-1-3-10-17)15-21(27)25-24-14-16-8-4-5-11-18(16)22(28)29/h1-14H,15H2,(H,25,27)(H,28,29)/b24-14-. The molecule has 32 heavy (non-hydrogen) atoms. The highest BCUT2D eigenvalue weighted by Crippen LogP contribution is 2.25. The Morgan fingerprint density at radius 3 is 2.28 bits per heavy atom. The molecule has 0 saturated heterocycles. The first kappa shape index (κ1) is 22.6. The molecule has 3 rings (SSSR count). The van der Waals surface area contributed by atoms with Crippen molar-refractivity contribution in [3.8, 4) is 0 Å². The van der Waals surface area contributed by atoms with Gasteiger partial charge in [0.2, 0.25) is 0 Å². The Hall–Kier alpha value is -4.05. The second-order valence-corrected chi connectivity index (χ2v) is 8.32. The molecule has 0 aliphatic carbocycles. The molecule has 2 N–H and O–H groups in total. The predicted octanol–water partition coefficient (Wildman–Crippen LogP) is 2.87. The maximum atomic E-state index is 14.4. The van der Waals surface area contributed by atoms with Gasteiger partial charge in [-0.25, -0.2) is 23.0 Å². The molecule has 3 aromatic carbocycles. The minimum absolute atomic E-state index is 0.0230. The molecule has 0 heterocycles. The van der Waals surface area contributed by atoms with Crippen LogP contribution in [0.1, 0.15) is 15.9 Å². The number of carbonyl (C=O) groups excluding carboxylic acids is 1. The van der Waals surface area contributed by atoms with Gasteiger partial charge in [0.15, 0.2) is 0 Å². The van der Waals surface area contributed by atoms with E-state index in [4.69, 9.17) is 0 Å². The quantitative estimate of drug-likeness (QED) is 0.400. The van der Waals surface area contributed by atoms with Crippen LogP contribution in [-0.2, 0) is 14.8 Å². The average Bonchev–Trinajstić information content (AvgIpc) is 2.79. The lowest BCUT2D eigenvalue weighted by atomic mass is 10.1. The lowest BCUT2D eigenvalue weighted by Crippen LogP contribution is -2.40. The van der Waals surface area contributed by atoms with Gasteiger partial charge in [0.25, 0.3) is 15.9 Å². The number of benzene rings is 3. The maximum absolute atomic E-state index is 14.4. The number of amides is 1. The number of hydrogen-bond acceptors (Lipinski definition) is 5. The van der Waals surface area contributed by atoms with E-state index in [0.29, 0.717) is 4.31 Å². The number of halogens is 1. The third-order valence-corrected chi connectivity index (χ3v) is 6.10. The lowest BCUT2D eigenvalue weighted by Gasteiger charge is -2.24. The Balaban J connectivity index is 1.85. The highest BCUT2D eigenvalue weighted by molar-refractivity contribution is 7.92. The number of para-hydroxylation sites is 1. The summed E-state index contributed by atoms with van der Waals surface area (Å²) in [4.78, 5) is 23.6. The molecule has 3 aromatic rings. The van der Waals surface area contributed by atoms with Crippen LogP contribution in [0.4, 0.5) is 10.1 Å². The van der Waals surface area contributed by atoms with Crippen LogP contribution in [0, 0.1) is 5.82 Å². The average molecular weight is 455 g/mol. The number of aromatic carboxylic acids is 1. The summed E-state index contributed by atoms with van der Waals surface area (Å²) in [6.07, 6.45) is 1.13. The van der Waals surface area contributed by atoms with E-state index in [1.165, 1.54) is 54.6 Å². The molecule has 0 aromatic heterocycles. The van der Waals surface area contributed by atoms with E-state index in [1.807, 2.05) is 0 Å². The maximum Gasteiger partial charge on any atom is 0.336 e. The number of hydrazone groups is 1. The summed E-state index contributed by atoms with van der Waals surface area (Å²) in [6.45, 7) is -0.754. The minimum Gasteiger partial charge on any atom is -0.478 e. The number of carboxylic acid groups (broad SMARTS) is 1. The Morgan fingerprint density at radius 2 is 1.59 bits per heavy atom. The fraction of sp³-hybridized carbons (Fsp3) is 0.0455. The van der Waals surface area contributed by atoms with Gasteiger partial charge in [-0.15, -0.1) is 0 Å². The van der Waals surface area contributed by atoms with Crippen molar-refractivity contribution in [2.75, 3.05) is 10.8 Å². The van der Waals surface area contributed by atoms with E-state index < -0.39 is 34.3 Å². The number of nitrogens with one attached hydrogen (secondary N) is 1. The molecule has 1 amide bonds. The topological polar surface area (TPSA) is 116 Å². The van der Waals surface area contributed by atoms with Crippen LogP contribution in [0.5, 0.6) is 0 Å². The van der Waals surface area contributed by atoms with Crippen molar-refractivity contribution in [3.05, 3.63) is 95.8 Å². The third kappa shape index (κ3) is 5.16. The molecule has 10 heteroatoms. The molecule has 0 aliphatic heterocycles. The van der Waals surface area contributed by atoms with Crippen LogP contribution < -0.4 is 9.73 Å². The number of carboxylic acids is 1. The number of carbonyl (C=O) groups is 2. The summed E-state index contributed by atoms with van der Waals surface area (Å²) in [7, 11) is -4.26. The van der Waals surface area contributed by atoms with E-state index in [0.717, 1.165) is 12.3 Å². The summed E-state index contributed by atoms with van der Waals surface area (Å²) < 4.78 is 41.3. The zero-order chi connectivity index (χ0) is 23.1. The SMILES string of the molecule is O=C(CN(c1ccccc1F)S(=O)(=O)c1ccccc1)N/N=C\c1ccccc1C(=O)O. The Labute approximate surface area is 183 Å². The molecule has 0 atom stereocenters. The Bertz CT molecular complexity index is 1260. The first-order valence-electron chi connectivity index (χ1n) is 9.27. The largest absolute Gasteiger partial charge is 0.478 e. The smallest absolute Gasteiger partial charge is 0.336 e. The normalized spacial score (nSPS) is 11.3. The zero-order valence-electron chi connectivity index (χ0n) is 16.6. The molecule has 0 aliphatic rings. The molecule has 0 fully saturated rings. The van der Waals surface area contributed by atoms with Gasteiger partial charge >= 0.3 is 5.97 Å². The summed E-state index contributed by atoms with van der Waals surface area (Å²) in [5, 5.41) is 12.9. The first-order chi connectivity index (χ1) is 15.3. The van der Waals surface area contributed by atoms with Crippen molar-refractivity contribution in [2.24, 2.45) is 5.10 Å². The van der Waals surface area contributed by atoms with Crippen LogP contribution in [0.2, 0.25) is 0 Å². The van der Waals surface area contributed by atoms with Gasteiger partial charge < -0.3 is 5.11 Å². The second kappa shape index (κ2) is 9.84. The summed E-state index contributed by atoms with van der Waals surface area (Å²) >= 11 is 0. The summed E-state index contributed by atoms with van der Waals surface area (Å²) in [6, 6.07) is 18.5. The predicted molar refractivity (Wildman–Crippen MR) is 117 cm³/mol. The van der Waals surface area contributed by atoms with Crippen LogP contribution in [0.25, 0.3) is 0 Å². The monoisotopic (exact) mass is 455 g/mol. The Kier molecular flexibility index (Phi) is 6.96. The van der Waals surface area contributed by atoms with Crippen LogP contribution in [0.15, 0.2) is 88.9 Å². The van der Waals surface area contributed by atoms with E-state index in [2.05, 4.69) is 10.5 Å². The summed E-state index contributed by atoms with van der Waals surface area (Å²) in [5.74, 6) is -2.84. The van der Waals surface area contributed by atoms with Crippen LogP contribution in [-0.4, -0.2) is 38.2 Å². The van der Waals surface area contributed by atoms with Gasteiger partial charge in [-0.05, 0) is 30.3 Å². The lowest BCUT2D eigenvalue weighted by molar-refractivity contribution is -0.119. The van der Waals surface area contributed by atoms with Crippen molar-refractivity contribution in [1.29, 1.82) is 0 Å². The number of rotatable bonds is 8. The van der Waals surface area contributed by atoms with E-state index >= 15 is 0 Å². The highest BCUT2D eigenvalue weighted by atomic mass is 32.2. The van der Waals surface area contributed by atoms with Gasteiger partial charge in [-0.2, -0.15) is 5.10 Å². The van der Waals surface area contributed by atoms with Crippen molar-refractivity contribution < 1.29 is 27.5 Å². The van der Waals surface area contributed by atoms with Gasteiger partial charge in [0, 0.05) is 5.56 Å². The van der Waals surface area contributed by atoms with E-state index in [1.54, 1.807) is 18.2 Å². The molecule has 0 saturated carbocycles. The molecule has 0 bridgehead atoms. The van der Waals surface area contributed by atoms with Crippen LogP contribution >= 0.6 is 0 Å².